The van der Waals surface area contributed by atoms with Crippen molar-refractivity contribution in [3.63, 3.8) is 0 Å². The van der Waals surface area contributed by atoms with Gasteiger partial charge < -0.3 is 9.64 Å². The van der Waals surface area contributed by atoms with Gasteiger partial charge in [-0.2, -0.15) is 5.10 Å². The summed E-state index contributed by atoms with van der Waals surface area (Å²) in [5.41, 5.74) is 1.22. The third-order valence-corrected chi connectivity index (χ3v) is 5.83. The summed E-state index contributed by atoms with van der Waals surface area (Å²) in [6, 6.07) is 6.77. The van der Waals surface area contributed by atoms with Crippen molar-refractivity contribution in [1.29, 1.82) is 0 Å². The van der Waals surface area contributed by atoms with Gasteiger partial charge in [0.2, 0.25) is 5.91 Å². The Morgan fingerprint density at radius 1 is 1.26 bits per heavy atom. The van der Waals surface area contributed by atoms with Crippen LogP contribution in [0.15, 0.2) is 43.0 Å². The van der Waals surface area contributed by atoms with Crippen LogP contribution >= 0.6 is 0 Å². The monoisotopic (exact) mass is 369 g/mol. The van der Waals surface area contributed by atoms with Gasteiger partial charge in [0, 0.05) is 70.5 Å². The number of hydrogen-bond acceptors (Lipinski definition) is 5. The van der Waals surface area contributed by atoms with Gasteiger partial charge in [-0.1, -0.05) is 6.07 Å². The van der Waals surface area contributed by atoms with Crippen LogP contribution in [0.5, 0.6) is 0 Å². The van der Waals surface area contributed by atoms with Gasteiger partial charge in [0.05, 0.1) is 12.1 Å². The minimum Gasteiger partial charge on any atom is -0.378 e. The summed E-state index contributed by atoms with van der Waals surface area (Å²) in [6.07, 6.45) is 10.2. The van der Waals surface area contributed by atoms with Crippen molar-refractivity contribution >= 4 is 5.91 Å². The average molecular weight is 369 g/mol. The molecule has 144 valence electrons. The van der Waals surface area contributed by atoms with Gasteiger partial charge in [0.25, 0.3) is 0 Å². The smallest absolute Gasteiger partial charge is 0.224 e. The number of hydrogen-bond donors (Lipinski definition) is 0. The minimum absolute atomic E-state index is 0.225. The average Bonchev–Trinajstić information content (AvgIpc) is 3.21. The fraction of sp³-hybridized carbons (Fsp3) is 0.550. The SMILES string of the molecule is COC1CN(C2CCN(C(=O)CCn3cccn3)CC2)C1c1cccnc1. The van der Waals surface area contributed by atoms with Crippen molar-refractivity contribution in [2.75, 3.05) is 26.7 Å². The van der Waals surface area contributed by atoms with Crippen molar-refractivity contribution in [3.8, 4) is 0 Å². The molecule has 2 atom stereocenters. The van der Waals surface area contributed by atoms with Crippen molar-refractivity contribution in [1.82, 2.24) is 24.6 Å². The fourth-order valence-corrected chi connectivity index (χ4v) is 4.28. The summed E-state index contributed by atoms with van der Waals surface area (Å²) in [5, 5.41) is 4.16. The molecule has 0 N–H and O–H groups in total. The second-order valence-corrected chi connectivity index (χ2v) is 7.33. The van der Waals surface area contributed by atoms with Crippen molar-refractivity contribution in [3.05, 3.63) is 48.5 Å². The lowest BCUT2D eigenvalue weighted by Gasteiger charge is -2.53. The largest absolute Gasteiger partial charge is 0.378 e. The molecule has 7 heteroatoms. The highest BCUT2D eigenvalue weighted by molar-refractivity contribution is 5.76. The number of aromatic nitrogens is 3. The molecule has 0 radical (unpaired) electrons. The Labute approximate surface area is 159 Å². The van der Waals surface area contributed by atoms with Crippen LogP contribution in [0.1, 0.15) is 30.9 Å². The van der Waals surface area contributed by atoms with Crippen LogP contribution < -0.4 is 0 Å². The highest BCUT2D eigenvalue weighted by Gasteiger charge is 2.44. The number of rotatable bonds is 6. The number of ether oxygens (including phenoxy) is 1. The van der Waals surface area contributed by atoms with Crippen molar-refractivity contribution in [2.24, 2.45) is 0 Å². The molecule has 2 aliphatic rings. The molecule has 0 aliphatic carbocycles. The molecule has 0 aromatic carbocycles. The van der Waals surface area contributed by atoms with Crippen molar-refractivity contribution < 1.29 is 9.53 Å². The van der Waals surface area contributed by atoms with Crippen LogP contribution in [0.2, 0.25) is 0 Å². The molecule has 0 bridgehead atoms. The maximum absolute atomic E-state index is 12.5. The van der Waals surface area contributed by atoms with Crippen LogP contribution in [-0.4, -0.2) is 69.4 Å². The first kappa shape index (κ1) is 18.1. The molecule has 2 aromatic heterocycles. The molecular weight excluding hydrogens is 342 g/mol. The zero-order chi connectivity index (χ0) is 18.6. The Hall–Kier alpha value is -2.25. The second-order valence-electron chi connectivity index (χ2n) is 7.33. The molecule has 4 rings (SSSR count). The molecule has 2 fully saturated rings. The molecule has 1 amide bonds. The summed E-state index contributed by atoms with van der Waals surface area (Å²) in [6.45, 7) is 3.26. The number of carbonyl (C=O) groups excluding carboxylic acids is 1. The number of carbonyl (C=O) groups is 1. The van der Waals surface area contributed by atoms with Crippen LogP contribution in [0.3, 0.4) is 0 Å². The summed E-state index contributed by atoms with van der Waals surface area (Å²) < 4.78 is 7.47. The summed E-state index contributed by atoms with van der Waals surface area (Å²) in [5.74, 6) is 0.228. The number of piperidine rings is 1. The lowest BCUT2D eigenvalue weighted by Crippen LogP contribution is -2.60. The molecule has 4 heterocycles. The molecular formula is C20H27N5O2. The lowest BCUT2D eigenvalue weighted by molar-refractivity contribution is -0.138. The van der Waals surface area contributed by atoms with Crippen LogP contribution in [0.4, 0.5) is 0 Å². The van der Waals surface area contributed by atoms with Gasteiger partial charge in [0.15, 0.2) is 0 Å². The van der Waals surface area contributed by atoms with E-state index >= 15 is 0 Å². The van der Waals surface area contributed by atoms with E-state index in [1.165, 1.54) is 5.56 Å². The van der Waals surface area contributed by atoms with E-state index in [2.05, 4.69) is 21.0 Å². The highest BCUT2D eigenvalue weighted by Crippen LogP contribution is 2.39. The molecule has 2 aliphatic heterocycles. The molecule has 0 saturated carbocycles. The van der Waals surface area contributed by atoms with E-state index in [0.717, 1.165) is 32.5 Å². The van der Waals surface area contributed by atoms with E-state index in [0.29, 0.717) is 19.0 Å². The Bertz CT molecular complexity index is 728. The first-order valence-electron chi connectivity index (χ1n) is 9.70. The second kappa shape index (κ2) is 8.19. The van der Waals surface area contributed by atoms with Gasteiger partial charge in [-0.25, -0.2) is 0 Å². The van der Waals surface area contributed by atoms with Gasteiger partial charge in [-0.3, -0.25) is 19.4 Å². The minimum atomic E-state index is 0.225. The van der Waals surface area contributed by atoms with Gasteiger partial charge in [0.1, 0.15) is 0 Å². The summed E-state index contributed by atoms with van der Waals surface area (Å²) in [4.78, 5) is 21.3. The first-order chi connectivity index (χ1) is 13.3. The number of likely N-dealkylation sites (tertiary alicyclic amines) is 2. The summed E-state index contributed by atoms with van der Waals surface area (Å²) in [7, 11) is 1.78. The molecule has 2 saturated heterocycles. The standard InChI is InChI=1S/C20H27N5O2/c1-27-18-15-25(20(18)16-4-2-8-21-14-16)17-5-11-23(12-6-17)19(26)7-13-24-10-3-9-22-24/h2-4,8-10,14,17-18,20H,5-7,11-13,15H2,1H3. The van der Waals surface area contributed by atoms with Crippen LogP contribution in [-0.2, 0) is 16.1 Å². The third kappa shape index (κ3) is 3.89. The van der Waals surface area contributed by atoms with Crippen LogP contribution in [0.25, 0.3) is 0 Å². The van der Waals surface area contributed by atoms with Gasteiger partial charge >= 0.3 is 0 Å². The topological polar surface area (TPSA) is 63.5 Å². The number of methoxy groups -OCH3 is 1. The van der Waals surface area contributed by atoms with E-state index in [9.17, 15) is 4.79 Å². The normalized spacial score (nSPS) is 24.0. The number of nitrogens with zero attached hydrogens (tertiary/aromatic N) is 5. The Kier molecular flexibility index (Phi) is 5.50. The highest BCUT2D eigenvalue weighted by atomic mass is 16.5. The number of amides is 1. The summed E-state index contributed by atoms with van der Waals surface area (Å²) >= 11 is 0. The number of pyridine rings is 1. The zero-order valence-corrected chi connectivity index (χ0v) is 15.8. The first-order valence-corrected chi connectivity index (χ1v) is 9.70. The molecule has 0 spiro atoms. The molecule has 7 nitrogen and oxygen atoms in total. The third-order valence-electron chi connectivity index (χ3n) is 5.83. The Morgan fingerprint density at radius 2 is 2.11 bits per heavy atom. The lowest BCUT2D eigenvalue weighted by atomic mass is 9.87. The van der Waals surface area contributed by atoms with Crippen LogP contribution in [0, 0.1) is 0 Å². The van der Waals surface area contributed by atoms with Gasteiger partial charge in [-0.05, 0) is 30.5 Å². The van der Waals surface area contributed by atoms with E-state index < -0.39 is 0 Å². The quantitative estimate of drug-likeness (QED) is 0.776. The number of aryl methyl sites for hydroxylation is 1. The Morgan fingerprint density at radius 3 is 2.78 bits per heavy atom. The molecule has 2 aromatic rings. The van der Waals surface area contributed by atoms with E-state index in [1.54, 1.807) is 13.3 Å². The van der Waals surface area contributed by atoms with Crippen molar-refractivity contribution in [2.45, 2.75) is 44.0 Å². The zero-order valence-electron chi connectivity index (χ0n) is 15.8. The van der Waals surface area contributed by atoms with E-state index in [4.69, 9.17) is 4.74 Å². The predicted molar refractivity (Wildman–Crippen MR) is 101 cm³/mol. The molecule has 27 heavy (non-hydrogen) atoms. The van der Waals surface area contributed by atoms with E-state index in [-0.39, 0.29) is 18.1 Å². The molecule has 2 unspecified atom stereocenters. The fourth-order valence-electron chi connectivity index (χ4n) is 4.28. The maximum atomic E-state index is 12.5. The predicted octanol–water partition coefficient (Wildman–Crippen LogP) is 1.73. The van der Waals surface area contributed by atoms with Gasteiger partial charge in [-0.15, -0.1) is 0 Å². The maximum Gasteiger partial charge on any atom is 0.224 e. The Balaban J connectivity index is 1.30. The van der Waals surface area contributed by atoms with E-state index in [1.807, 2.05) is 40.3 Å².